The predicted molar refractivity (Wildman–Crippen MR) is 75.8 cm³/mol. The van der Waals surface area contributed by atoms with Crippen molar-refractivity contribution in [2.75, 3.05) is 33.2 Å². The molecule has 2 aliphatic heterocycles. The molecule has 1 fully saturated rings. The smallest absolute Gasteiger partial charge is 0.0236 e. The summed E-state index contributed by atoms with van der Waals surface area (Å²) in [7, 11) is 2.24. The van der Waals surface area contributed by atoms with Gasteiger partial charge in [-0.05, 0) is 50.4 Å². The van der Waals surface area contributed by atoms with Crippen LogP contribution in [0.5, 0.6) is 0 Å². The van der Waals surface area contributed by atoms with Crippen LogP contribution in [0.4, 0.5) is 0 Å². The Bertz CT molecular complexity index is 427. The van der Waals surface area contributed by atoms with E-state index in [-0.39, 0.29) is 0 Å². The molecule has 1 aromatic rings. The Kier molecular flexibility index (Phi) is 3.40. The van der Waals surface area contributed by atoms with Crippen molar-refractivity contribution in [3.05, 3.63) is 34.9 Å². The summed E-state index contributed by atoms with van der Waals surface area (Å²) in [5, 5.41) is 0. The number of aryl methyl sites for hydroxylation is 1. The van der Waals surface area contributed by atoms with Crippen LogP contribution >= 0.6 is 0 Å². The normalized spacial score (nSPS) is 25.3. The second kappa shape index (κ2) is 5.02. The highest BCUT2D eigenvalue weighted by Crippen LogP contribution is 2.23. The van der Waals surface area contributed by atoms with Crippen molar-refractivity contribution in [1.82, 2.24) is 9.80 Å². The number of fused-ring (bicyclic) bond motifs is 1. The predicted octanol–water partition coefficient (Wildman–Crippen LogP) is 2.30. The molecule has 0 saturated carbocycles. The molecule has 0 spiro atoms. The average molecular weight is 244 g/mol. The molecule has 0 radical (unpaired) electrons. The zero-order valence-corrected chi connectivity index (χ0v) is 11.7. The molecule has 18 heavy (non-hydrogen) atoms. The van der Waals surface area contributed by atoms with Crippen LogP contribution in [0.2, 0.25) is 0 Å². The molecule has 0 bridgehead atoms. The van der Waals surface area contributed by atoms with E-state index in [1.54, 1.807) is 11.1 Å². The summed E-state index contributed by atoms with van der Waals surface area (Å²) in [6.07, 6.45) is 2.62. The lowest BCUT2D eigenvalue weighted by Gasteiger charge is -2.31. The summed E-state index contributed by atoms with van der Waals surface area (Å²) in [4.78, 5) is 5.12. The second-order valence-corrected chi connectivity index (χ2v) is 6.17. The van der Waals surface area contributed by atoms with Crippen molar-refractivity contribution < 1.29 is 0 Å². The van der Waals surface area contributed by atoms with Gasteiger partial charge in [0.2, 0.25) is 0 Å². The Hall–Kier alpha value is -0.860. The molecule has 1 aromatic carbocycles. The fourth-order valence-corrected chi connectivity index (χ4v) is 3.44. The number of benzene rings is 1. The number of hydrogen-bond acceptors (Lipinski definition) is 2. The fourth-order valence-electron chi connectivity index (χ4n) is 3.44. The van der Waals surface area contributed by atoms with Gasteiger partial charge in [0, 0.05) is 26.2 Å². The summed E-state index contributed by atoms with van der Waals surface area (Å²) < 4.78 is 0. The summed E-state index contributed by atoms with van der Waals surface area (Å²) in [5.41, 5.74) is 4.53. The number of hydrogen-bond donors (Lipinski definition) is 0. The molecule has 2 nitrogen and oxygen atoms in total. The van der Waals surface area contributed by atoms with E-state index < -0.39 is 0 Å². The maximum atomic E-state index is 2.66. The van der Waals surface area contributed by atoms with Crippen molar-refractivity contribution >= 4 is 0 Å². The molecular formula is C16H24N2. The van der Waals surface area contributed by atoms with Gasteiger partial charge in [0.1, 0.15) is 0 Å². The highest BCUT2D eigenvalue weighted by Gasteiger charge is 2.24. The van der Waals surface area contributed by atoms with Crippen molar-refractivity contribution in [2.24, 2.45) is 5.92 Å². The zero-order chi connectivity index (χ0) is 12.5. The molecule has 0 amide bonds. The van der Waals surface area contributed by atoms with Crippen LogP contribution in [-0.4, -0.2) is 43.0 Å². The van der Waals surface area contributed by atoms with Crippen molar-refractivity contribution in [3.8, 4) is 0 Å². The maximum absolute atomic E-state index is 2.66. The van der Waals surface area contributed by atoms with Gasteiger partial charge in [0.25, 0.3) is 0 Å². The van der Waals surface area contributed by atoms with Gasteiger partial charge in [0.05, 0.1) is 0 Å². The Balaban J connectivity index is 1.63. The van der Waals surface area contributed by atoms with Gasteiger partial charge in [-0.1, -0.05) is 23.8 Å². The monoisotopic (exact) mass is 244 g/mol. The Morgan fingerprint density at radius 1 is 1.22 bits per heavy atom. The van der Waals surface area contributed by atoms with Crippen LogP contribution in [0.3, 0.4) is 0 Å². The summed E-state index contributed by atoms with van der Waals surface area (Å²) in [5.74, 6) is 0.890. The first-order valence-corrected chi connectivity index (χ1v) is 7.20. The lowest BCUT2D eigenvalue weighted by Crippen LogP contribution is -2.35. The first-order valence-electron chi connectivity index (χ1n) is 7.20. The Morgan fingerprint density at radius 2 is 2.11 bits per heavy atom. The van der Waals surface area contributed by atoms with E-state index in [2.05, 4.69) is 42.0 Å². The van der Waals surface area contributed by atoms with E-state index in [1.165, 1.54) is 44.6 Å². The highest BCUT2D eigenvalue weighted by molar-refractivity contribution is 5.33. The average Bonchev–Trinajstić information content (AvgIpc) is 2.74. The van der Waals surface area contributed by atoms with Crippen molar-refractivity contribution in [2.45, 2.75) is 26.3 Å². The van der Waals surface area contributed by atoms with E-state index in [9.17, 15) is 0 Å². The third-order valence-corrected chi connectivity index (χ3v) is 4.46. The SMILES string of the molecule is Cc1ccc2c(c1)CN(CC1CCN(C)C1)CC2. The van der Waals surface area contributed by atoms with Gasteiger partial charge in [-0.2, -0.15) is 0 Å². The van der Waals surface area contributed by atoms with Gasteiger partial charge < -0.3 is 4.90 Å². The third kappa shape index (κ3) is 2.60. The molecule has 2 aliphatic rings. The molecule has 0 N–H and O–H groups in total. The quantitative estimate of drug-likeness (QED) is 0.787. The second-order valence-electron chi connectivity index (χ2n) is 6.17. The molecule has 98 valence electrons. The molecule has 0 aromatic heterocycles. The van der Waals surface area contributed by atoms with Gasteiger partial charge in [-0.15, -0.1) is 0 Å². The zero-order valence-electron chi connectivity index (χ0n) is 11.7. The first kappa shape index (κ1) is 12.2. The maximum Gasteiger partial charge on any atom is 0.0236 e. The largest absolute Gasteiger partial charge is 0.306 e. The van der Waals surface area contributed by atoms with E-state index in [4.69, 9.17) is 0 Å². The third-order valence-electron chi connectivity index (χ3n) is 4.46. The summed E-state index contributed by atoms with van der Waals surface area (Å²) >= 11 is 0. The van der Waals surface area contributed by atoms with Crippen LogP contribution in [-0.2, 0) is 13.0 Å². The number of rotatable bonds is 2. The van der Waals surface area contributed by atoms with Crippen LogP contribution in [0, 0.1) is 12.8 Å². The van der Waals surface area contributed by atoms with Crippen LogP contribution in [0.1, 0.15) is 23.1 Å². The van der Waals surface area contributed by atoms with Crippen molar-refractivity contribution in [1.29, 1.82) is 0 Å². The fraction of sp³-hybridized carbons (Fsp3) is 0.625. The lowest BCUT2D eigenvalue weighted by atomic mass is 9.96. The minimum Gasteiger partial charge on any atom is -0.306 e. The molecular weight excluding hydrogens is 220 g/mol. The first-order chi connectivity index (χ1) is 8.70. The van der Waals surface area contributed by atoms with E-state index in [0.717, 1.165) is 12.5 Å². The molecule has 1 saturated heterocycles. The van der Waals surface area contributed by atoms with Gasteiger partial charge in [-0.25, -0.2) is 0 Å². The summed E-state index contributed by atoms with van der Waals surface area (Å²) in [6, 6.07) is 6.95. The van der Waals surface area contributed by atoms with Crippen LogP contribution in [0.15, 0.2) is 18.2 Å². The number of likely N-dealkylation sites (tertiary alicyclic amines) is 1. The van der Waals surface area contributed by atoms with Gasteiger partial charge >= 0.3 is 0 Å². The molecule has 3 rings (SSSR count). The van der Waals surface area contributed by atoms with Gasteiger partial charge in [0.15, 0.2) is 0 Å². The molecule has 2 heteroatoms. The molecule has 0 aliphatic carbocycles. The van der Waals surface area contributed by atoms with Crippen LogP contribution in [0.25, 0.3) is 0 Å². The van der Waals surface area contributed by atoms with Gasteiger partial charge in [-0.3, -0.25) is 4.90 Å². The Labute approximate surface area is 111 Å². The van der Waals surface area contributed by atoms with E-state index >= 15 is 0 Å². The minimum atomic E-state index is 0.890. The van der Waals surface area contributed by atoms with Crippen molar-refractivity contribution in [3.63, 3.8) is 0 Å². The van der Waals surface area contributed by atoms with E-state index in [1.807, 2.05) is 0 Å². The lowest BCUT2D eigenvalue weighted by molar-refractivity contribution is 0.214. The standard InChI is InChI=1S/C16H24N2/c1-13-3-4-15-6-8-18(12-16(15)9-13)11-14-5-7-17(2)10-14/h3-4,9,14H,5-8,10-12H2,1-2H3. The minimum absolute atomic E-state index is 0.890. The van der Waals surface area contributed by atoms with E-state index in [0.29, 0.717) is 0 Å². The highest BCUT2D eigenvalue weighted by atomic mass is 15.2. The summed E-state index contributed by atoms with van der Waals surface area (Å²) in [6.45, 7) is 8.47. The molecule has 2 heterocycles. The number of nitrogens with zero attached hydrogens (tertiary/aromatic N) is 2. The molecule has 1 unspecified atom stereocenters. The molecule has 1 atom stereocenters. The Morgan fingerprint density at radius 3 is 2.89 bits per heavy atom. The topological polar surface area (TPSA) is 6.48 Å². The van der Waals surface area contributed by atoms with Crippen LogP contribution < -0.4 is 0 Å².